The molecule has 0 saturated carbocycles. The first-order chi connectivity index (χ1) is 38.0. The fourth-order valence-corrected chi connectivity index (χ4v) is 11.7. The molecule has 2 atom stereocenters. The van der Waals surface area contributed by atoms with Gasteiger partial charge < -0.3 is 20.3 Å². The van der Waals surface area contributed by atoms with E-state index >= 15 is 0 Å². The lowest BCUT2D eigenvalue weighted by Crippen LogP contribution is -2.45. The van der Waals surface area contributed by atoms with Gasteiger partial charge in [-0.1, -0.05) is 380 Å². The van der Waals surface area contributed by atoms with Gasteiger partial charge in [-0.3, -0.25) is 9.59 Å². The lowest BCUT2D eigenvalue weighted by atomic mass is 10.0. The van der Waals surface area contributed by atoms with Crippen LogP contribution >= 0.6 is 0 Å². The van der Waals surface area contributed by atoms with Crippen LogP contribution in [0.5, 0.6) is 0 Å². The molecule has 77 heavy (non-hydrogen) atoms. The number of amides is 1. The SMILES string of the molecule is CCCCCCCCCCCCCCCCCC(=O)OCCCCCCCCCCCCCCCCCCCCCCCCCCCCCCCCCCCC(=O)NC(CO)C(O)CCCCCCCCCCCCCC. The second-order valence-electron chi connectivity index (χ2n) is 24.9. The van der Waals surface area contributed by atoms with Gasteiger partial charge in [-0.25, -0.2) is 0 Å². The fraction of sp³-hybridized carbons (Fsp3) is 0.972. The zero-order valence-electron chi connectivity index (χ0n) is 52.7. The van der Waals surface area contributed by atoms with Crippen LogP contribution in [0.3, 0.4) is 0 Å². The van der Waals surface area contributed by atoms with E-state index in [1.54, 1.807) is 0 Å². The number of aliphatic hydroxyl groups is 2. The minimum Gasteiger partial charge on any atom is -0.466 e. The summed E-state index contributed by atoms with van der Waals surface area (Å²) in [6.07, 6.45) is 81.7. The number of ether oxygens (including phenoxy) is 1. The van der Waals surface area contributed by atoms with Gasteiger partial charge in [0.15, 0.2) is 0 Å². The molecule has 0 fully saturated rings. The Bertz CT molecular complexity index is 1120. The summed E-state index contributed by atoms with van der Waals surface area (Å²) >= 11 is 0. The Balaban J connectivity index is 3.28. The smallest absolute Gasteiger partial charge is 0.305 e. The lowest BCUT2D eigenvalue weighted by Gasteiger charge is -2.22. The van der Waals surface area contributed by atoms with Crippen LogP contribution in [0, 0.1) is 0 Å². The number of carbonyl (C=O) groups excluding carboxylic acids is 2. The zero-order valence-corrected chi connectivity index (χ0v) is 52.7. The van der Waals surface area contributed by atoms with Crippen LogP contribution < -0.4 is 5.32 Å². The van der Waals surface area contributed by atoms with E-state index in [0.29, 0.717) is 25.9 Å². The molecule has 1 amide bonds. The predicted molar refractivity (Wildman–Crippen MR) is 338 cm³/mol. The highest BCUT2D eigenvalue weighted by atomic mass is 16.5. The molecule has 0 saturated heterocycles. The van der Waals surface area contributed by atoms with Crippen molar-refractivity contribution in [2.24, 2.45) is 0 Å². The average Bonchev–Trinajstić information content (AvgIpc) is 3.43. The Hall–Kier alpha value is -1.14. The van der Waals surface area contributed by atoms with Gasteiger partial charge in [0.05, 0.1) is 25.4 Å². The molecule has 2 unspecified atom stereocenters. The topological polar surface area (TPSA) is 95.9 Å². The van der Waals surface area contributed by atoms with Crippen molar-refractivity contribution in [2.75, 3.05) is 13.2 Å². The lowest BCUT2D eigenvalue weighted by molar-refractivity contribution is -0.143. The number of hydrogen-bond acceptors (Lipinski definition) is 5. The van der Waals surface area contributed by atoms with Gasteiger partial charge in [0.2, 0.25) is 5.91 Å². The number of esters is 1. The first-order valence-corrected chi connectivity index (χ1v) is 35.8. The molecule has 0 aromatic rings. The molecule has 0 aromatic carbocycles. The Labute approximate surface area is 483 Å². The molecule has 3 N–H and O–H groups in total. The van der Waals surface area contributed by atoms with Gasteiger partial charge in [-0.15, -0.1) is 0 Å². The molecule has 0 aliphatic carbocycles. The van der Waals surface area contributed by atoms with Crippen LogP contribution in [0.1, 0.15) is 418 Å². The number of unbranched alkanes of at least 4 members (excludes halogenated alkanes) is 57. The van der Waals surface area contributed by atoms with Gasteiger partial charge in [0.1, 0.15) is 0 Å². The third kappa shape index (κ3) is 63.9. The second-order valence-corrected chi connectivity index (χ2v) is 24.9. The van der Waals surface area contributed by atoms with Crippen LogP contribution in [-0.2, 0) is 14.3 Å². The molecular formula is C71H141NO5. The Morgan fingerprint density at radius 3 is 0.792 bits per heavy atom. The number of carbonyl (C=O) groups is 2. The highest BCUT2D eigenvalue weighted by Gasteiger charge is 2.20. The van der Waals surface area contributed by atoms with E-state index in [-0.39, 0.29) is 18.5 Å². The van der Waals surface area contributed by atoms with E-state index in [0.717, 1.165) is 38.5 Å². The minimum absolute atomic E-state index is 0.0257. The summed E-state index contributed by atoms with van der Waals surface area (Å²) < 4.78 is 5.50. The van der Waals surface area contributed by atoms with Gasteiger partial charge in [0, 0.05) is 12.8 Å². The summed E-state index contributed by atoms with van der Waals surface area (Å²) in [7, 11) is 0. The van der Waals surface area contributed by atoms with Crippen LogP contribution in [0.25, 0.3) is 0 Å². The van der Waals surface area contributed by atoms with Crippen molar-refractivity contribution in [1.82, 2.24) is 5.32 Å². The summed E-state index contributed by atoms with van der Waals surface area (Å²) in [6.45, 7) is 4.99. The highest BCUT2D eigenvalue weighted by molar-refractivity contribution is 5.76. The van der Waals surface area contributed by atoms with Gasteiger partial charge in [-0.2, -0.15) is 0 Å². The molecule has 460 valence electrons. The maximum Gasteiger partial charge on any atom is 0.305 e. The zero-order chi connectivity index (χ0) is 55.7. The molecule has 0 heterocycles. The Morgan fingerprint density at radius 1 is 0.312 bits per heavy atom. The quantitative estimate of drug-likeness (QED) is 0.0417. The van der Waals surface area contributed by atoms with E-state index in [4.69, 9.17) is 4.74 Å². The average molecular weight is 1090 g/mol. The van der Waals surface area contributed by atoms with Crippen molar-refractivity contribution >= 4 is 11.9 Å². The van der Waals surface area contributed by atoms with Crippen LogP contribution in [0.15, 0.2) is 0 Å². The number of aliphatic hydroxyl groups excluding tert-OH is 2. The van der Waals surface area contributed by atoms with E-state index in [9.17, 15) is 19.8 Å². The van der Waals surface area contributed by atoms with Crippen molar-refractivity contribution in [3.8, 4) is 0 Å². The largest absolute Gasteiger partial charge is 0.466 e. The molecule has 0 rings (SSSR count). The summed E-state index contributed by atoms with van der Waals surface area (Å²) in [5, 5.41) is 23.3. The molecule has 0 aliphatic rings. The summed E-state index contributed by atoms with van der Waals surface area (Å²) in [5.41, 5.74) is 0. The van der Waals surface area contributed by atoms with Crippen LogP contribution in [-0.4, -0.2) is 47.4 Å². The van der Waals surface area contributed by atoms with Crippen LogP contribution in [0.2, 0.25) is 0 Å². The maximum atomic E-state index is 12.5. The predicted octanol–water partition coefficient (Wildman–Crippen LogP) is 23.0. The molecule has 0 bridgehead atoms. The normalized spacial score (nSPS) is 12.4. The maximum absolute atomic E-state index is 12.5. The Morgan fingerprint density at radius 2 is 0.532 bits per heavy atom. The first kappa shape index (κ1) is 75.9. The van der Waals surface area contributed by atoms with E-state index < -0.39 is 12.1 Å². The molecular weight excluding hydrogens is 947 g/mol. The summed E-state index contributed by atoms with van der Waals surface area (Å²) in [6, 6.07) is -0.535. The van der Waals surface area contributed by atoms with Crippen LogP contribution in [0.4, 0.5) is 0 Å². The third-order valence-electron chi connectivity index (χ3n) is 17.2. The van der Waals surface area contributed by atoms with E-state index in [1.807, 2.05) is 0 Å². The molecule has 6 heteroatoms. The number of nitrogens with one attached hydrogen (secondary N) is 1. The summed E-state index contributed by atoms with van der Waals surface area (Å²) in [4.78, 5) is 24.6. The monoisotopic (exact) mass is 1090 g/mol. The van der Waals surface area contributed by atoms with Crippen molar-refractivity contribution in [2.45, 2.75) is 431 Å². The van der Waals surface area contributed by atoms with Crippen molar-refractivity contribution in [3.63, 3.8) is 0 Å². The van der Waals surface area contributed by atoms with Crippen molar-refractivity contribution < 1.29 is 24.5 Å². The highest BCUT2D eigenvalue weighted by Crippen LogP contribution is 2.20. The molecule has 6 nitrogen and oxygen atoms in total. The van der Waals surface area contributed by atoms with Gasteiger partial charge in [0.25, 0.3) is 0 Å². The van der Waals surface area contributed by atoms with E-state index in [1.165, 1.54) is 347 Å². The van der Waals surface area contributed by atoms with Crippen molar-refractivity contribution in [3.05, 3.63) is 0 Å². The third-order valence-corrected chi connectivity index (χ3v) is 17.2. The standard InChI is InChI=1S/C71H141NO5/c1-3-5-7-9-11-13-15-17-37-41-45-49-53-57-61-65-71(76)77-66-62-58-54-50-46-42-39-36-34-32-30-28-26-24-22-20-18-19-21-23-25-27-29-31-33-35-38-40-44-48-52-56-60-64-70(75)72-68(67-73)69(74)63-59-55-51-47-43-16-14-12-10-8-6-4-2/h68-69,73-74H,3-67H2,1-2H3,(H,72,75). The summed E-state index contributed by atoms with van der Waals surface area (Å²) in [5.74, 6) is -0.00210. The molecule has 0 radical (unpaired) electrons. The Kier molecular flexibility index (Phi) is 66.4. The molecule has 0 aliphatic heterocycles. The van der Waals surface area contributed by atoms with Gasteiger partial charge >= 0.3 is 5.97 Å². The van der Waals surface area contributed by atoms with Crippen molar-refractivity contribution in [1.29, 1.82) is 0 Å². The van der Waals surface area contributed by atoms with Gasteiger partial charge in [-0.05, 0) is 25.7 Å². The van der Waals surface area contributed by atoms with E-state index in [2.05, 4.69) is 19.2 Å². The molecule has 0 spiro atoms. The number of rotatable bonds is 68. The number of hydrogen-bond donors (Lipinski definition) is 3. The minimum atomic E-state index is -0.658. The first-order valence-electron chi connectivity index (χ1n) is 35.8. The second kappa shape index (κ2) is 67.4. The molecule has 0 aromatic heterocycles. The fourth-order valence-electron chi connectivity index (χ4n) is 11.7.